The van der Waals surface area contributed by atoms with Gasteiger partial charge in [-0.3, -0.25) is 4.79 Å². The van der Waals surface area contributed by atoms with Crippen LogP contribution in [-0.4, -0.2) is 25.0 Å². The third-order valence-corrected chi connectivity index (χ3v) is 3.02. The van der Waals surface area contributed by atoms with Gasteiger partial charge in [-0.2, -0.15) is 0 Å². The van der Waals surface area contributed by atoms with Gasteiger partial charge in [-0.15, -0.1) is 12.4 Å². The van der Waals surface area contributed by atoms with Crippen molar-refractivity contribution < 1.29 is 9.18 Å². The summed E-state index contributed by atoms with van der Waals surface area (Å²) < 4.78 is 13.3. The van der Waals surface area contributed by atoms with Crippen LogP contribution in [0.5, 0.6) is 0 Å². The molecule has 0 saturated carbocycles. The quantitative estimate of drug-likeness (QED) is 0.875. The van der Waals surface area contributed by atoms with Gasteiger partial charge in [0.25, 0.3) is 0 Å². The van der Waals surface area contributed by atoms with Gasteiger partial charge in [0.1, 0.15) is 5.82 Å². The van der Waals surface area contributed by atoms with Gasteiger partial charge in [0.2, 0.25) is 5.91 Å². The van der Waals surface area contributed by atoms with Gasteiger partial charge in [-0.05, 0) is 31.0 Å². The molecule has 2 rings (SSSR count). The molecule has 0 aromatic heterocycles. The Morgan fingerprint density at radius 2 is 2.22 bits per heavy atom. The summed E-state index contributed by atoms with van der Waals surface area (Å²) in [6.45, 7) is 1.65. The Kier molecular flexibility index (Phi) is 6.09. The van der Waals surface area contributed by atoms with Crippen LogP contribution in [0.2, 0.25) is 0 Å². The van der Waals surface area contributed by atoms with E-state index in [0.29, 0.717) is 18.2 Å². The monoisotopic (exact) mass is 272 g/mol. The number of benzene rings is 1. The van der Waals surface area contributed by atoms with Crippen molar-refractivity contribution in [2.24, 2.45) is 0 Å². The highest BCUT2D eigenvalue weighted by atomic mass is 35.5. The molecular formula is C13H18ClFN2O. The first-order chi connectivity index (χ1) is 8.25. The molecule has 2 N–H and O–H groups in total. The first-order valence-corrected chi connectivity index (χ1v) is 5.99. The Hall–Kier alpha value is -1.13. The fraction of sp³-hybridized carbons (Fsp3) is 0.462. The fourth-order valence-corrected chi connectivity index (χ4v) is 2.05. The Morgan fingerprint density at radius 3 is 2.89 bits per heavy atom. The number of hydrogen-bond acceptors (Lipinski definition) is 2. The lowest BCUT2D eigenvalue weighted by molar-refractivity contribution is -0.120. The minimum absolute atomic E-state index is 0. The summed E-state index contributed by atoms with van der Waals surface area (Å²) in [5.41, 5.74) is 0.449. The molecule has 1 aliphatic rings. The highest BCUT2D eigenvalue weighted by Crippen LogP contribution is 2.07. The number of hydrogen-bond donors (Lipinski definition) is 2. The molecule has 1 fully saturated rings. The van der Waals surface area contributed by atoms with E-state index < -0.39 is 0 Å². The fourth-order valence-electron chi connectivity index (χ4n) is 2.05. The van der Waals surface area contributed by atoms with Gasteiger partial charge in [-0.1, -0.05) is 18.2 Å². The van der Waals surface area contributed by atoms with Crippen molar-refractivity contribution in [2.75, 3.05) is 13.1 Å². The Balaban J connectivity index is 0.00000162. The smallest absolute Gasteiger partial charge is 0.224 e. The Morgan fingerprint density at radius 1 is 1.44 bits per heavy atom. The number of amides is 1. The van der Waals surface area contributed by atoms with E-state index in [4.69, 9.17) is 0 Å². The number of rotatable bonds is 4. The van der Waals surface area contributed by atoms with Crippen molar-refractivity contribution in [3.05, 3.63) is 35.6 Å². The molecule has 1 atom stereocenters. The van der Waals surface area contributed by atoms with Crippen LogP contribution in [0.3, 0.4) is 0 Å². The summed E-state index contributed by atoms with van der Waals surface area (Å²) in [4.78, 5) is 11.6. The summed E-state index contributed by atoms with van der Waals surface area (Å²) in [6, 6.07) is 6.76. The Labute approximate surface area is 113 Å². The lowest BCUT2D eigenvalue weighted by Gasteiger charge is -2.11. The van der Waals surface area contributed by atoms with Gasteiger partial charge in [-0.25, -0.2) is 4.39 Å². The van der Waals surface area contributed by atoms with Crippen LogP contribution in [-0.2, 0) is 11.2 Å². The van der Waals surface area contributed by atoms with Crippen molar-refractivity contribution in [1.82, 2.24) is 10.6 Å². The lowest BCUT2D eigenvalue weighted by atomic mass is 10.1. The maximum Gasteiger partial charge on any atom is 0.224 e. The van der Waals surface area contributed by atoms with Crippen LogP contribution < -0.4 is 10.6 Å². The summed E-state index contributed by atoms with van der Waals surface area (Å²) >= 11 is 0. The molecule has 1 aliphatic heterocycles. The van der Waals surface area contributed by atoms with Crippen LogP contribution in [0, 0.1) is 5.82 Å². The third-order valence-electron chi connectivity index (χ3n) is 3.02. The molecule has 3 nitrogen and oxygen atoms in total. The summed E-state index contributed by atoms with van der Waals surface area (Å²) in [5.74, 6) is -0.439. The predicted molar refractivity (Wildman–Crippen MR) is 71.4 cm³/mol. The molecule has 5 heteroatoms. The molecule has 1 unspecified atom stereocenters. The molecule has 1 saturated heterocycles. The van der Waals surface area contributed by atoms with E-state index in [1.54, 1.807) is 18.2 Å². The first kappa shape index (κ1) is 14.9. The van der Waals surface area contributed by atoms with Crippen molar-refractivity contribution in [3.63, 3.8) is 0 Å². The number of carbonyl (C=O) groups excluding carboxylic acids is 1. The van der Waals surface area contributed by atoms with E-state index in [1.165, 1.54) is 6.07 Å². The van der Waals surface area contributed by atoms with E-state index in [2.05, 4.69) is 10.6 Å². The summed E-state index contributed by atoms with van der Waals surface area (Å²) in [7, 11) is 0. The predicted octanol–water partition coefficient (Wildman–Crippen LogP) is 1.66. The maximum atomic E-state index is 13.3. The zero-order valence-electron chi connectivity index (χ0n) is 10.1. The lowest BCUT2D eigenvalue weighted by Crippen LogP contribution is -2.37. The van der Waals surface area contributed by atoms with Crippen LogP contribution in [0.1, 0.15) is 18.4 Å². The normalized spacial score (nSPS) is 18.2. The number of carbonyl (C=O) groups is 1. The average molecular weight is 273 g/mol. The zero-order chi connectivity index (χ0) is 12.1. The number of halogens is 2. The van der Waals surface area contributed by atoms with Gasteiger partial charge in [0.15, 0.2) is 0 Å². The second kappa shape index (κ2) is 7.34. The van der Waals surface area contributed by atoms with Gasteiger partial charge < -0.3 is 10.6 Å². The SMILES string of the molecule is Cl.O=C(Cc1ccccc1F)NCC1CCCN1. The number of nitrogens with one attached hydrogen (secondary N) is 2. The minimum atomic E-state index is -0.318. The molecule has 0 spiro atoms. The van der Waals surface area contributed by atoms with Gasteiger partial charge in [0, 0.05) is 12.6 Å². The molecule has 0 radical (unpaired) electrons. The maximum absolute atomic E-state index is 13.3. The molecule has 1 amide bonds. The van der Waals surface area contributed by atoms with Crippen molar-refractivity contribution in [1.29, 1.82) is 0 Å². The molecule has 18 heavy (non-hydrogen) atoms. The largest absolute Gasteiger partial charge is 0.354 e. The molecular weight excluding hydrogens is 255 g/mol. The zero-order valence-corrected chi connectivity index (χ0v) is 10.9. The van der Waals surface area contributed by atoms with E-state index in [-0.39, 0.29) is 30.6 Å². The molecule has 1 aromatic carbocycles. The van der Waals surface area contributed by atoms with Crippen LogP contribution in [0.25, 0.3) is 0 Å². The highest BCUT2D eigenvalue weighted by molar-refractivity contribution is 5.85. The van der Waals surface area contributed by atoms with Crippen molar-refractivity contribution >= 4 is 18.3 Å². The molecule has 0 bridgehead atoms. The first-order valence-electron chi connectivity index (χ1n) is 5.99. The van der Waals surface area contributed by atoms with E-state index in [1.807, 2.05) is 0 Å². The summed E-state index contributed by atoms with van der Waals surface area (Å²) in [5, 5.41) is 6.13. The standard InChI is InChI=1S/C13H17FN2O.ClH/c14-12-6-2-1-4-10(12)8-13(17)16-9-11-5-3-7-15-11;/h1-2,4,6,11,15H,3,5,7-9H2,(H,16,17);1H. The highest BCUT2D eigenvalue weighted by Gasteiger charge is 2.15. The summed E-state index contributed by atoms with van der Waals surface area (Å²) in [6.07, 6.45) is 2.37. The Bertz CT molecular complexity index is 394. The second-order valence-corrected chi connectivity index (χ2v) is 4.37. The van der Waals surface area contributed by atoms with Crippen LogP contribution >= 0.6 is 12.4 Å². The van der Waals surface area contributed by atoms with Crippen molar-refractivity contribution in [2.45, 2.75) is 25.3 Å². The topological polar surface area (TPSA) is 41.1 Å². The molecule has 0 aliphatic carbocycles. The van der Waals surface area contributed by atoms with Gasteiger partial charge in [0.05, 0.1) is 6.42 Å². The van der Waals surface area contributed by atoms with E-state index >= 15 is 0 Å². The van der Waals surface area contributed by atoms with E-state index in [0.717, 1.165) is 19.4 Å². The molecule has 1 heterocycles. The second-order valence-electron chi connectivity index (χ2n) is 4.37. The van der Waals surface area contributed by atoms with Crippen LogP contribution in [0.15, 0.2) is 24.3 Å². The van der Waals surface area contributed by atoms with Crippen LogP contribution in [0.4, 0.5) is 4.39 Å². The van der Waals surface area contributed by atoms with Gasteiger partial charge >= 0.3 is 0 Å². The minimum Gasteiger partial charge on any atom is -0.354 e. The molecule has 100 valence electrons. The average Bonchev–Trinajstić information content (AvgIpc) is 2.82. The molecule has 1 aromatic rings. The third kappa shape index (κ3) is 4.27. The van der Waals surface area contributed by atoms with E-state index in [9.17, 15) is 9.18 Å². The van der Waals surface area contributed by atoms with Crippen molar-refractivity contribution in [3.8, 4) is 0 Å².